The van der Waals surface area contributed by atoms with Crippen LogP contribution in [0.5, 0.6) is 0 Å². The summed E-state index contributed by atoms with van der Waals surface area (Å²) < 4.78 is 1.53. The molecule has 0 radical (unpaired) electrons. The molecule has 0 N–H and O–H groups in total. The highest BCUT2D eigenvalue weighted by Crippen LogP contribution is 2.30. The van der Waals surface area contributed by atoms with E-state index in [1.807, 2.05) is 41.4 Å². The third-order valence-corrected chi connectivity index (χ3v) is 5.19. The fourth-order valence-corrected chi connectivity index (χ4v) is 3.77. The van der Waals surface area contributed by atoms with E-state index in [1.54, 1.807) is 12.3 Å². The maximum absolute atomic E-state index is 12.9. The van der Waals surface area contributed by atoms with Crippen LogP contribution in [-0.2, 0) is 11.3 Å². The van der Waals surface area contributed by atoms with Crippen LogP contribution in [0, 0.1) is 0 Å². The zero-order valence-corrected chi connectivity index (χ0v) is 15.1. The fraction of sp³-hybridized carbons (Fsp3) is 0.333. The van der Waals surface area contributed by atoms with Crippen molar-refractivity contribution in [3.05, 3.63) is 71.0 Å². The molecule has 3 heterocycles. The Morgan fingerprint density at radius 2 is 2.04 bits per heavy atom. The standard InChI is InChI=1S/C21H22N4O2/c26-20(25-12-4-3-9-19(25)16-6-5-11-22-14-16)10-13-24-15-23-18-8-2-1-7-17(18)21(24)27/h1-2,5-8,11,14-15,19H,3-4,9-10,12-13H2. The number of nitrogens with zero attached hydrogens (tertiary/aromatic N) is 4. The highest BCUT2D eigenvalue weighted by Gasteiger charge is 2.27. The van der Waals surface area contributed by atoms with Crippen LogP contribution in [0.2, 0.25) is 0 Å². The van der Waals surface area contributed by atoms with Gasteiger partial charge in [0.2, 0.25) is 5.91 Å². The largest absolute Gasteiger partial charge is 0.336 e. The predicted octanol–water partition coefficient (Wildman–Crippen LogP) is 2.94. The lowest BCUT2D eigenvalue weighted by Crippen LogP contribution is -2.39. The number of aryl methyl sites for hydroxylation is 1. The van der Waals surface area contributed by atoms with Crippen LogP contribution < -0.4 is 5.56 Å². The maximum atomic E-state index is 12.9. The summed E-state index contributed by atoms with van der Waals surface area (Å²) in [7, 11) is 0. The molecule has 1 fully saturated rings. The van der Waals surface area contributed by atoms with E-state index >= 15 is 0 Å². The van der Waals surface area contributed by atoms with E-state index in [-0.39, 0.29) is 23.9 Å². The normalized spacial score (nSPS) is 17.2. The first-order valence-electron chi connectivity index (χ1n) is 9.37. The van der Waals surface area contributed by atoms with Crippen LogP contribution in [0.3, 0.4) is 0 Å². The molecule has 0 saturated carbocycles. The number of amides is 1. The minimum atomic E-state index is -0.101. The molecule has 27 heavy (non-hydrogen) atoms. The smallest absolute Gasteiger partial charge is 0.261 e. The number of hydrogen-bond acceptors (Lipinski definition) is 4. The Bertz CT molecular complexity index is 1000. The minimum Gasteiger partial charge on any atom is -0.336 e. The van der Waals surface area contributed by atoms with Crippen molar-refractivity contribution >= 4 is 16.8 Å². The van der Waals surface area contributed by atoms with Crippen LogP contribution in [0.1, 0.15) is 37.3 Å². The molecule has 1 saturated heterocycles. The Labute approximate surface area is 157 Å². The van der Waals surface area contributed by atoms with E-state index in [4.69, 9.17) is 0 Å². The molecular weight excluding hydrogens is 340 g/mol. The molecular formula is C21H22N4O2. The number of hydrogen-bond donors (Lipinski definition) is 0. The van der Waals surface area contributed by atoms with Gasteiger partial charge >= 0.3 is 0 Å². The van der Waals surface area contributed by atoms with Gasteiger partial charge in [-0.3, -0.25) is 19.1 Å². The van der Waals surface area contributed by atoms with Crippen LogP contribution in [0.15, 0.2) is 59.9 Å². The molecule has 1 unspecified atom stereocenters. The van der Waals surface area contributed by atoms with Crippen molar-refractivity contribution in [1.82, 2.24) is 19.4 Å². The number of rotatable bonds is 4. The summed E-state index contributed by atoms with van der Waals surface area (Å²) in [4.78, 5) is 36.0. The van der Waals surface area contributed by atoms with E-state index in [0.717, 1.165) is 31.4 Å². The van der Waals surface area contributed by atoms with Crippen molar-refractivity contribution < 1.29 is 4.79 Å². The van der Waals surface area contributed by atoms with Crippen LogP contribution >= 0.6 is 0 Å². The number of likely N-dealkylation sites (tertiary alicyclic amines) is 1. The van der Waals surface area contributed by atoms with Gasteiger partial charge < -0.3 is 4.90 Å². The summed E-state index contributed by atoms with van der Waals surface area (Å²) in [5.74, 6) is 0.0728. The Morgan fingerprint density at radius 3 is 2.89 bits per heavy atom. The van der Waals surface area contributed by atoms with Crippen molar-refractivity contribution in [3.8, 4) is 0 Å². The average Bonchev–Trinajstić information content (AvgIpc) is 2.74. The molecule has 4 rings (SSSR count). The van der Waals surface area contributed by atoms with Gasteiger partial charge in [0.25, 0.3) is 5.56 Å². The number of fused-ring (bicyclic) bond motifs is 1. The van der Waals surface area contributed by atoms with Crippen molar-refractivity contribution in [2.75, 3.05) is 6.54 Å². The maximum Gasteiger partial charge on any atom is 0.261 e. The molecule has 6 heteroatoms. The van der Waals surface area contributed by atoms with Gasteiger partial charge in [-0.1, -0.05) is 18.2 Å². The van der Waals surface area contributed by atoms with E-state index < -0.39 is 0 Å². The molecule has 3 aromatic rings. The number of benzene rings is 1. The average molecular weight is 362 g/mol. The molecule has 1 aliphatic heterocycles. The lowest BCUT2D eigenvalue weighted by atomic mass is 9.96. The summed E-state index contributed by atoms with van der Waals surface area (Å²) in [6.07, 6.45) is 8.49. The van der Waals surface area contributed by atoms with Crippen molar-refractivity contribution in [1.29, 1.82) is 0 Å². The lowest BCUT2D eigenvalue weighted by Gasteiger charge is -2.36. The Kier molecular flexibility index (Phi) is 4.96. The minimum absolute atomic E-state index is 0.0728. The molecule has 138 valence electrons. The van der Waals surface area contributed by atoms with Gasteiger partial charge in [-0.25, -0.2) is 4.98 Å². The van der Waals surface area contributed by atoms with Gasteiger partial charge in [0.05, 0.1) is 23.3 Å². The molecule has 1 atom stereocenters. The SMILES string of the molecule is O=C(CCn1cnc2ccccc2c1=O)N1CCCCC1c1cccnc1. The van der Waals surface area contributed by atoms with Crippen molar-refractivity contribution in [3.63, 3.8) is 0 Å². The van der Waals surface area contributed by atoms with Crippen LogP contribution in [0.4, 0.5) is 0 Å². The molecule has 6 nitrogen and oxygen atoms in total. The highest BCUT2D eigenvalue weighted by molar-refractivity contribution is 5.78. The second kappa shape index (κ2) is 7.70. The third-order valence-electron chi connectivity index (χ3n) is 5.19. The summed E-state index contributed by atoms with van der Waals surface area (Å²) in [5, 5.41) is 0.582. The van der Waals surface area contributed by atoms with E-state index in [2.05, 4.69) is 9.97 Å². The van der Waals surface area contributed by atoms with Gasteiger partial charge in [0.1, 0.15) is 0 Å². The number of carbonyl (C=O) groups is 1. The number of piperidine rings is 1. The van der Waals surface area contributed by atoms with Crippen molar-refractivity contribution in [2.45, 2.75) is 38.3 Å². The zero-order valence-electron chi connectivity index (χ0n) is 15.1. The van der Waals surface area contributed by atoms with Gasteiger partial charge in [0, 0.05) is 31.9 Å². The first-order valence-corrected chi connectivity index (χ1v) is 9.37. The molecule has 0 bridgehead atoms. The third kappa shape index (κ3) is 3.60. The first kappa shape index (κ1) is 17.4. The second-order valence-corrected chi connectivity index (χ2v) is 6.90. The topological polar surface area (TPSA) is 68.1 Å². The predicted molar refractivity (Wildman–Crippen MR) is 103 cm³/mol. The molecule has 1 amide bonds. The van der Waals surface area contributed by atoms with Gasteiger partial charge in [-0.2, -0.15) is 0 Å². The van der Waals surface area contributed by atoms with Crippen molar-refractivity contribution in [2.24, 2.45) is 0 Å². The quantitative estimate of drug-likeness (QED) is 0.716. The summed E-state index contributed by atoms with van der Waals surface area (Å²) in [6.45, 7) is 1.09. The van der Waals surface area contributed by atoms with E-state index in [9.17, 15) is 9.59 Å². The molecule has 2 aromatic heterocycles. The molecule has 0 spiro atoms. The van der Waals surface area contributed by atoms with Gasteiger partial charge in [0.15, 0.2) is 0 Å². The fourth-order valence-electron chi connectivity index (χ4n) is 3.77. The second-order valence-electron chi connectivity index (χ2n) is 6.90. The van der Waals surface area contributed by atoms with E-state index in [1.165, 1.54) is 10.9 Å². The Balaban J connectivity index is 1.50. The lowest BCUT2D eigenvalue weighted by molar-refractivity contribution is -0.135. The molecule has 0 aliphatic carbocycles. The molecule has 1 aliphatic rings. The molecule has 1 aromatic carbocycles. The van der Waals surface area contributed by atoms with Gasteiger partial charge in [-0.05, 0) is 43.0 Å². The number of carbonyl (C=O) groups excluding carboxylic acids is 1. The first-order chi connectivity index (χ1) is 13.2. The zero-order chi connectivity index (χ0) is 18.6. The van der Waals surface area contributed by atoms with Gasteiger partial charge in [-0.15, -0.1) is 0 Å². The Morgan fingerprint density at radius 1 is 1.15 bits per heavy atom. The number of aromatic nitrogens is 3. The van der Waals surface area contributed by atoms with Crippen LogP contribution in [0.25, 0.3) is 10.9 Å². The number of pyridine rings is 1. The Hall–Kier alpha value is -3.02. The van der Waals surface area contributed by atoms with E-state index in [0.29, 0.717) is 17.4 Å². The highest BCUT2D eigenvalue weighted by atomic mass is 16.2. The summed E-state index contributed by atoms with van der Waals surface area (Å²) in [6, 6.07) is 11.3. The summed E-state index contributed by atoms with van der Waals surface area (Å²) in [5.41, 5.74) is 1.66. The number of para-hydroxylation sites is 1. The monoisotopic (exact) mass is 362 g/mol. The summed E-state index contributed by atoms with van der Waals surface area (Å²) >= 11 is 0. The van der Waals surface area contributed by atoms with Crippen LogP contribution in [-0.4, -0.2) is 31.9 Å².